The Morgan fingerprint density at radius 1 is 0.216 bits per heavy atom. The fraction of sp³-hybridized carbons (Fsp3) is 0.0250. The van der Waals surface area contributed by atoms with Crippen LogP contribution in [0.4, 0.5) is 68.2 Å². The number of hydrogen-bond donors (Lipinski definition) is 0. The number of aryl methyl sites for hydroxylation is 2. The van der Waals surface area contributed by atoms with Gasteiger partial charge in [0.25, 0.3) is 13.4 Å². The van der Waals surface area contributed by atoms with E-state index in [4.69, 9.17) is 0 Å². The highest BCUT2D eigenvalue weighted by Crippen LogP contribution is 2.51. The average Bonchev–Trinajstić information content (AvgIpc) is 0.781. The van der Waals surface area contributed by atoms with Crippen molar-refractivity contribution >= 4 is 158 Å². The molecule has 0 amide bonds. The van der Waals surface area contributed by atoms with Crippen LogP contribution in [-0.2, 0) is 0 Å². The molecule has 0 unspecified atom stereocenters. The van der Waals surface area contributed by atoms with E-state index in [0.717, 1.165) is 56.9 Å². The zero-order valence-corrected chi connectivity index (χ0v) is 48.6. The van der Waals surface area contributed by atoms with Crippen LogP contribution in [-0.4, -0.2) is 22.6 Å². The SMILES string of the molecule is Cc1ccc2c(c1)N(c1ccccc1)c1cc(-n3c4ccccc4c4ccccc43)cc3c1B2c1cc2c(cc1N3c1ccccc1)N(c1ccccc1)c1cc(-n3c4ccccc4c4ccccc43)cc3c1B2c1ccc(C)cc1N3c1ccccc1. The summed E-state index contributed by atoms with van der Waals surface area (Å²) >= 11 is 0. The monoisotopic (exact) mass is 1120 g/mol. The lowest BCUT2D eigenvalue weighted by atomic mass is 9.30. The molecule has 19 rings (SSSR count). The molecule has 0 N–H and O–H groups in total. The lowest BCUT2D eigenvalue weighted by Crippen LogP contribution is -2.65. The van der Waals surface area contributed by atoms with Gasteiger partial charge in [-0.15, -0.1) is 0 Å². The van der Waals surface area contributed by atoms with Gasteiger partial charge in [0.05, 0.1) is 33.4 Å². The molecular formula is C80H54B2N6. The molecule has 4 aliphatic heterocycles. The summed E-state index contributed by atoms with van der Waals surface area (Å²) in [6.45, 7) is 4.20. The van der Waals surface area contributed by atoms with Gasteiger partial charge in [0.1, 0.15) is 0 Å². The van der Waals surface area contributed by atoms with Gasteiger partial charge < -0.3 is 28.7 Å². The molecular weight excluding hydrogens is 1070 g/mol. The molecule has 6 nitrogen and oxygen atoms in total. The first-order valence-corrected chi connectivity index (χ1v) is 30.6. The fourth-order valence-corrected chi connectivity index (χ4v) is 15.7. The van der Waals surface area contributed by atoms with Gasteiger partial charge in [-0.25, -0.2) is 0 Å². The van der Waals surface area contributed by atoms with Crippen LogP contribution >= 0.6 is 0 Å². The van der Waals surface area contributed by atoms with Crippen molar-refractivity contribution in [3.8, 4) is 11.4 Å². The summed E-state index contributed by atoms with van der Waals surface area (Å²) < 4.78 is 5.00. The van der Waals surface area contributed by atoms with E-state index in [1.807, 2.05) is 0 Å². The molecule has 2 aromatic heterocycles. The van der Waals surface area contributed by atoms with Crippen LogP contribution in [0.15, 0.2) is 291 Å². The molecule has 0 spiro atoms. The maximum Gasteiger partial charge on any atom is 0.252 e. The third-order valence-corrected chi connectivity index (χ3v) is 19.3. The second kappa shape index (κ2) is 18.6. The largest absolute Gasteiger partial charge is 0.311 e. The molecule has 4 aliphatic rings. The Morgan fingerprint density at radius 3 is 0.795 bits per heavy atom. The molecule has 6 heterocycles. The van der Waals surface area contributed by atoms with E-state index < -0.39 is 0 Å². The Bertz CT molecular complexity index is 4970. The third kappa shape index (κ3) is 6.91. The number of hydrogen-bond acceptors (Lipinski definition) is 4. The van der Waals surface area contributed by atoms with E-state index in [1.165, 1.54) is 110 Å². The molecule has 0 bridgehead atoms. The summed E-state index contributed by atoms with van der Waals surface area (Å²) in [5.74, 6) is 0. The van der Waals surface area contributed by atoms with Crippen molar-refractivity contribution in [2.45, 2.75) is 13.8 Å². The highest BCUT2D eigenvalue weighted by molar-refractivity contribution is 7.03. The number of anilines is 12. The zero-order chi connectivity index (χ0) is 57.9. The smallest absolute Gasteiger partial charge is 0.252 e. The summed E-state index contributed by atoms with van der Waals surface area (Å²) in [6.07, 6.45) is 0. The summed E-state index contributed by atoms with van der Waals surface area (Å²) in [7, 11) is 0. The van der Waals surface area contributed by atoms with Crippen molar-refractivity contribution in [3.63, 3.8) is 0 Å². The molecule has 0 saturated carbocycles. The van der Waals surface area contributed by atoms with E-state index in [0.29, 0.717) is 0 Å². The minimum absolute atomic E-state index is 0.140. The number of nitrogens with zero attached hydrogens (tertiary/aromatic N) is 6. The predicted octanol–water partition coefficient (Wildman–Crippen LogP) is 16.7. The summed E-state index contributed by atoms with van der Waals surface area (Å²) in [4.78, 5) is 10.3. The van der Waals surface area contributed by atoms with Crippen molar-refractivity contribution in [1.82, 2.24) is 9.13 Å². The molecule has 8 heteroatoms. The fourth-order valence-electron chi connectivity index (χ4n) is 15.7. The number of aromatic nitrogens is 2. The van der Waals surface area contributed by atoms with Crippen LogP contribution in [0.2, 0.25) is 0 Å². The normalized spacial score (nSPS) is 13.4. The van der Waals surface area contributed by atoms with Crippen molar-refractivity contribution in [2.75, 3.05) is 19.6 Å². The Labute approximate surface area is 511 Å². The molecule has 13 aromatic carbocycles. The lowest BCUT2D eigenvalue weighted by Gasteiger charge is -2.47. The van der Waals surface area contributed by atoms with E-state index in [1.54, 1.807) is 0 Å². The lowest BCUT2D eigenvalue weighted by molar-refractivity contribution is 1.16. The predicted molar refractivity (Wildman–Crippen MR) is 373 cm³/mol. The maximum atomic E-state index is 2.65. The number of fused-ring (bicyclic) bond motifs is 14. The third-order valence-electron chi connectivity index (χ3n) is 19.3. The first-order valence-electron chi connectivity index (χ1n) is 30.6. The average molecular weight is 1120 g/mol. The quantitative estimate of drug-likeness (QED) is 0.155. The van der Waals surface area contributed by atoms with Crippen LogP contribution in [0.25, 0.3) is 55.0 Å². The van der Waals surface area contributed by atoms with Crippen molar-refractivity contribution in [2.24, 2.45) is 0 Å². The Hall–Kier alpha value is -11.2. The first-order chi connectivity index (χ1) is 43.5. The number of rotatable bonds is 6. The Morgan fingerprint density at radius 2 is 0.489 bits per heavy atom. The molecule has 0 aliphatic carbocycles. The van der Waals surface area contributed by atoms with Gasteiger partial charge in [0.15, 0.2) is 0 Å². The van der Waals surface area contributed by atoms with Crippen molar-refractivity contribution < 1.29 is 0 Å². The summed E-state index contributed by atoms with van der Waals surface area (Å²) in [6, 6.07) is 109. The second-order valence-electron chi connectivity index (χ2n) is 24.2. The molecule has 0 fully saturated rings. The number of benzene rings is 13. The van der Waals surface area contributed by atoms with Crippen molar-refractivity contribution in [3.05, 3.63) is 302 Å². The minimum atomic E-state index is -0.140. The zero-order valence-electron chi connectivity index (χ0n) is 48.6. The van der Waals surface area contributed by atoms with Crippen LogP contribution in [0, 0.1) is 13.8 Å². The van der Waals surface area contributed by atoms with Crippen LogP contribution in [0.3, 0.4) is 0 Å². The van der Waals surface area contributed by atoms with Gasteiger partial charge in [0, 0.05) is 89.8 Å². The van der Waals surface area contributed by atoms with E-state index in [2.05, 4.69) is 334 Å². The van der Waals surface area contributed by atoms with Gasteiger partial charge in [-0.3, -0.25) is 0 Å². The van der Waals surface area contributed by atoms with E-state index in [-0.39, 0.29) is 13.4 Å². The highest BCUT2D eigenvalue weighted by atomic mass is 15.2. The van der Waals surface area contributed by atoms with Crippen LogP contribution in [0.1, 0.15) is 11.1 Å². The van der Waals surface area contributed by atoms with Crippen LogP contribution in [0.5, 0.6) is 0 Å². The minimum Gasteiger partial charge on any atom is -0.311 e. The highest BCUT2D eigenvalue weighted by Gasteiger charge is 2.49. The molecule has 0 atom stereocenters. The van der Waals surface area contributed by atoms with E-state index in [9.17, 15) is 0 Å². The summed E-state index contributed by atoms with van der Waals surface area (Å²) in [5, 5.41) is 4.93. The molecule has 0 radical (unpaired) electrons. The standard InChI is InChI=1S/C80H54B2N6/c1-51-39-41-63-71(43-51)83(53-23-7-3-8-24-53)75-45-57(87-67-35-19-15-31-59(67)60-32-16-20-36-68(60)87)47-77-79(75)81(63)65-49-66-74(50-73(65)85(77)55-27-11-5-12-28-55)86(56-29-13-6-14-30-56)78-48-58(88-69-37-21-17-33-61(69)62-34-18-22-38-70(62)88)46-76-80(78)82(66)64-42-40-52(2)44-72(64)84(76)54-25-9-4-10-26-54/h3-50H,1-2H3. The van der Waals surface area contributed by atoms with Gasteiger partial charge in [0.2, 0.25) is 0 Å². The molecule has 15 aromatic rings. The first kappa shape index (κ1) is 49.1. The van der Waals surface area contributed by atoms with Crippen molar-refractivity contribution in [1.29, 1.82) is 0 Å². The van der Waals surface area contributed by atoms with Crippen LogP contribution < -0.4 is 52.4 Å². The van der Waals surface area contributed by atoms with Gasteiger partial charge in [-0.1, -0.05) is 176 Å². The number of para-hydroxylation sites is 8. The molecule has 88 heavy (non-hydrogen) atoms. The topological polar surface area (TPSA) is 22.8 Å². The van der Waals surface area contributed by atoms with Gasteiger partial charge >= 0.3 is 0 Å². The Balaban J connectivity index is 0.957. The molecule has 410 valence electrons. The Kier molecular flexibility index (Phi) is 10.4. The maximum absolute atomic E-state index is 2.65. The van der Waals surface area contributed by atoms with E-state index >= 15 is 0 Å². The summed E-state index contributed by atoms with van der Waals surface area (Å²) in [5.41, 5.74) is 30.8. The molecule has 0 saturated heterocycles. The second-order valence-corrected chi connectivity index (χ2v) is 24.2. The van der Waals surface area contributed by atoms with Gasteiger partial charge in [-0.05, 0) is 173 Å². The van der Waals surface area contributed by atoms with Gasteiger partial charge in [-0.2, -0.15) is 0 Å².